The Bertz CT molecular complexity index is 1210. The lowest BCUT2D eigenvalue weighted by Gasteiger charge is -2.37. The van der Waals surface area contributed by atoms with Crippen molar-refractivity contribution in [1.29, 1.82) is 0 Å². The summed E-state index contributed by atoms with van der Waals surface area (Å²) >= 11 is 0. The number of carbonyl (C=O) groups is 3. The number of aryl methyl sites for hydroxylation is 1. The van der Waals surface area contributed by atoms with Crippen molar-refractivity contribution in [3.63, 3.8) is 0 Å². The average molecular weight is 548 g/mol. The third kappa shape index (κ3) is 6.97. The number of amides is 3. The first-order valence-electron chi connectivity index (χ1n) is 13.4. The first-order chi connectivity index (χ1) is 18.5. The molecule has 39 heavy (non-hydrogen) atoms. The summed E-state index contributed by atoms with van der Waals surface area (Å²) in [6.45, 7) is 8.82. The molecule has 2 atom stereocenters. The number of carbonyl (C=O) groups excluding carboxylic acids is 3. The van der Waals surface area contributed by atoms with Crippen molar-refractivity contribution in [2.45, 2.75) is 77.3 Å². The maximum absolute atomic E-state index is 14.2. The summed E-state index contributed by atoms with van der Waals surface area (Å²) < 4.78 is 31.8. The van der Waals surface area contributed by atoms with E-state index in [2.05, 4.69) is 10.1 Å². The minimum absolute atomic E-state index is 0.0397. The highest BCUT2D eigenvalue weighted by molar-refractivity contribution is 5.86. The van der Waals surface area contributed by atoms with Gasteiger partial charge in [0.2, 0.25) is 0 Å². The van der Waals surface area contributed by atoms with Gasteiger partial charge in [-0.05, 0) is 65.2 Å². The van der Waals surface area contributed by atoms with Crippen LogP contribution < -0.4 is 5.32 Å². The summed E-state index contributed by atoms with van der Waals surface area (Å²) in [5.74, 6) is -0.589. The van der Waals surface area contributed by atoms with E-state index in [4.69, 9.17) is 14.6 Å². The standard InChI is InChI=1S/C27H38FN5O6/c1-17(23-20-10-7-18(28)15-21(20)32(30-23)12-6-11-29-25(35)37-5)33(19-8-9-19)24(34)22-16-31(13-14-38-22)26(36)39-27(2,3)4/h7,10,15,17,19,22H,6,8-9,11-14,16H2,1-5H3,(H,29,35)/t17?,22-/m1/s1. The fraction of sp³-hybridized carbons (Fsp3) is 0.630. The van der Waals surface area contributed by atoms with E-state index < -0.39 is 29.9 Å². The normalized spacial score (nSPS) is 18.5. The molecular formula is C27H38FN5O6. The van der Waals surface area contributed by atoms with Gasteiger partial charge >= 0.3 is 12.2 Å². The molecule has 1 saturated heterocycles. The third-order valence-corrected chi connectivity index (χ3v) is 6.74. The van der Waals surface area contributed by atoms with Gasteiger partial charge in [-0.2, -0.15) is 5.10 Å². The van der Waals surface area contributed by atoms with Gasteiger partial charge in [-0.1, -0.05) is 0 Å². The molecule has 2 heterocycles. The second-order valence-electron chi connectivity index (χ2n) is 11.0. The molecule has 1 N–H and O–H groups in total. The Balaban J connectivity index is 1.53. The van der Waals surface area contributed by atoms with E-state index >= 15 is 0 Å². The molecule has 1 unspecified atom stereocenters. The number of halogens is 1. The zero-order chi connectivity index (χ0) is 28.3. The van der Waals surface area contributed by atoms with Crippen molar-refractivity contribution >= 4 is 29.0 Å². The highest BCUT2D eigenvalue weighted by Gasteiger charge is 2.42. The largest absolute Gasteiger partial charge is 0.453 e. The number of hydrogen-bond acceptors (Lipinski definition) is 7. The Kier molecular flexibility index (Phi) is 8.63. The molecule has 2 fully saturated rings. The Morgan fingerprint density at radius 3 is 2.69 bits per heavy atom. The quantitative estimate of drug-likeness (QED) is 0.502. The zero-order valence-corrected chi connectivity index (χ0v) is 23.2. The molecule has 214 valence electrons. The molecule has 1 saturated carbocycles. The molecule has 12 heteroatoms. The molecular weight excluding hydrogens is 509 g/mol. The summed E-state index contributed by atoms with van der Waals surface area (Å²) in [5, 5.41) is 8.18. The van der Waals surface area contributed by atoms with Crippen LogP contribution in [0.15, 0.2) is 18.2 Å². The molecule has 1 aliphatic carbocycles. The molecule has 11 nitrogen and oxygen atoms in total. The number of ether oxygens (including phenoxy) is 3. The van der Waals surface area contributed by atoms with Crippen LogP contribution >= 0.6 is 0 Å². The lowest BCUT2D eigenvalue weighted by molar-refractivity contribution is -0.151. The lowest BCUT2D eigenvalue weighted by Crippen LogP contribution is -2.54. The molecule has 0 spiro atoms. The molecule has 2 aromatic rings. The van der Waals surface area contributed by atoms with Gasteiger partial charge in [-0.25, -0.2) is 14.0 Å². The van der Waals surface area contributed by atoms with Gasteiger partial charge in [0, 0.05) is 31.1 Å². The number of rotatable bonds is 8. The smallest absolute Gasteiger partial charge is 0.410 e. The predicted octanol–water partition coefficient (Wildman–Crippen LogP) is 3.61. The lowest BCUT2D eigenvalue weighted by atomic mass is 10.1. The number of benzene rings is 1. The van der Waals surface area contributed by atoms with Crippen molar-refractivity contribution in [1.82, 2.24) is 24.9 Å². The van der Waals surface area contributed by atoms with Gasteiger partial charge in [-0.15, -0.1) is 0 Å². The van der Waals surface area contributed by atoms with E-state index in [1.165, 1.54) is 24.1 Å². The van der Waals surface area contributed by atoms with Gasteiger partial charge in [0.05, 0.1) is 37.5 Å². The number of aromatic nitrogens is 2. The minimum atomic E-state index is -0.815. The molecule has 1 aromatic carbocycles. The van der Waals surface area contributed by atoms with Gasteiger partial charge in [0.25, 0.3) is 5.91 Å². The van der Waals surface area contributed by atoms with Crippen molar-refractivity contribution in [2.24, 2.45) is 0 Å². The molecule has 0 bridgehead atoms. The molecule has 0 radical (unpaired) electrons. The number of fused-ring (bicyclic) bond motifs is 1. The molecule has 4 rings (SSSR count). The Morgan fingerprint density at radius 1 is 1.28 bits per heavy atom. The fourth-order valence-corrected chi connectivity index (χ4v) is 4.77. The second-order valence-corrected chi connectivity index (χ2v) is 11.0. The predicted molar refractivity (Wildman–Crippen MR) is 141 cm³/mol. The number of nitrogens with one attached hydrogen (secondary N) is 1. The Morgan fingerprint density at radius 2 is 2.03 bits per heavy atom. The maximum atomic E-state index is 14.2. The van der Waals surface area contributed by atoms with Gasteiger partial charge in [-0.3, -0.25) is 9.48 Å². The maximum Gasteiger partial charge on any atom is 0.410 e. The van der Waals surface area contributed by atoms with E-state index in [9.17, 15) is 18.8 Å². The number of morpholine rings is 1. The van der Waals surface area contributed by atoms with Crippen LogP contribution in [0.5, 0.6) is 0 Å². The van der Waals surface area contributed by atoms with Crippen molar-refractivity contribution < 1.29 is 33.0 Å². The number of hydrogen-bond donors (Lipinski definition) is 1. The molecule has 1 aromatic heterocycles. The summed E-state index contributed by atoms with van der Waals surface area (Å²) in [7, 11) is 1.30. The van der Waals surface area contributed by atoms with E-state index in [0.29, 0.717) is 37.3 Å². The van der Waals surface area contributed by atoms with Gasteiger partial charge < -0.3 is 29.3 Å². The highest BCUT2D eigenvalue weighted by Crippen LogP contribution is 2.37. The van der Waals surface area contributed by atoms with Crippen LogP contribution in [0.2, 0.25) is 0 Å². The number of methoxy groups -OCH3 is 1. The van der Waals surface area contributed by atoms with Crippen molar-refractivity contribution in [3.05, 3.63) is 29.7 Å². The zero-order valence-electron chi connectivity index (χ0n) is 23.2. The van der Waals surface area contributed by atoms with Crippen LogP contribution in [0.4, 0.5) is 14.0 Å². The highest BCUT2D eigenvalue weighted by atomic mass is 19.1. The first-order valence-corrected chi connectivity index (χ1v) is 13.4. The van der Waals surface area contributed by atoms with E-state index in [0.717, 1.165) is 18.2 Å². The van der Waals surface area contributed by atoms with Crippen LogP contribution in [0.1, 0.15) is 58.7 Å². The topological polar surface area (TPSA) is 115 Å². The van der Waals surface area contributed by atoms with Crippen molar-refractivity contribution in [3.8, 4) is 0 Å². The van der Waals surface area contributed by atoms with Crippen molar-refractivity contribution in [2.75, 3.05) is 33.4 Å². The van der Waals surface area contributed by atoms with Gasteiger partial charge in [0.15, 0.2) is 6.10 Å². The summed E-state index contributed by atoms with van der Waals surface area (Å²) in [5.41, 5.74) is 0.632. The van der Waals surface area contributed by atoms with E-state index in [-0.39, 0.29) is 30.9 Å². The van der Waals surface area contributed by atoms with Crippen LogP contribution in [0, 0.1) is 5.82 Å². The SMILES string of the molecule is COC(=O)NCCCn1nc(C(C)N(C(=O)[C@H]2CN(C(=O)OC(C)(C)C)CCO2)C2CC2)c2ccc(F)cc21. The van der Waals surface area contributed by atoms with Crippen LogP contribution in [0.25, 0.3) is 10.9 Å². The Hall–Kier alpha value is -3.41. The number of alkyl carbamates (subject to hydrolysis) is 1. The monoisotopic (exact) mass is 547 g/mol. The second kappa shape index (κ2) is 11.8. The first kappa shape index (κ1) is 28.6. The third-order valence-electron chi connectivity index (χ3n) is 6.74. The summed E-state index contributed by atoms with van der Waals surface area (Å²) in [6.07, 6.45) is 0.482. The Labute approximate surface area is 227 Å². The molecule has 1 aliphatic heterocycles. The van der Waals surface area contributed by atoms with Crippen LogP contribution in [-0.2, 0) is 25.5 Å². The van der Waals surface area contributed by atoms with E-state index in [1.54, 1.807) is 36.4 Å². The molecule has 3 amide bonds. The summed E-state index contributed by atoms with van der Waals surface area (Å²) in [4.78, 5) is 41.1. The fourth-order valence-electron chi connectivity index (χ4n) is 4.77. The number of nitrogens with zero attached hydrogens (tertiary/aromatic N) is 4. The summed E-state index contributed by atoms with van der Waals surface area (Å²) in [6, 6.07) is 4.13. The van der Waals surface area contributed by atoms with E-state index in [1.807, 2.05) is 6.92 Å². The average Bonchev–Trinajstić information content (AvgIpc) is 3.66. The van der Waals surface area contributed by atoms with Crippen LogP contribution in [0.3, 0.4) is 0 Å². The minimum Gasteiger partial charge on any atom is -0.453 e. The molecule has 2 aliphatic rings. The van der Waals surface area contributed by atoms with Gasteiger partial charge in [0.1, 0.15) is 11.4 Å². The van der Waals surface area contributed by atoms with Crippen LogP contribution in [-0.4, -0.2) is 88.8 Å².